The van der Waals surface area contributed by atoms with Crippen LogP contribution < -0.4 is 5.73 Å². The lowest BCUT2D eigenvalue weighted by Gasteiger charge is -1.94. The Balaban J connectivity index is 2.95. The average molecular weight is 146 g/mol. The predicted molar refractivity (Wildman–Crippen MR) is 46.5 cm³/mol. The minimum absolute atomic E-state index is 0.850. The molecular weight excluding hydrogens is 136 g/mol. The molecule has 0 spiro atoms. The second kappa shape index (κ2) is 2.02. The highest BCUT2D eigenvalue weighted by atomic mass is 14.9. The van der Waals surface area contributed by atoms with Crippen molar-refractivity contribution in [1.29, 1.82) is 0 Å². The molecule has 0 radical (unpaired) electrons. The van der Waals surface area contributed by atoms with Gasteiger partial charge in [0.15, 0.2) is 0 Å². The molecular formula is C9H10N2. The molecule has 2 aromatic heterocycles. The molecule has 2 N–H and O–H groups in total. The Labute approximate surface area is 65.3 Å². The van der Waals surface area contributed by atoms with Crippen molar-refractivity contribution >= 4 is 11.2 Å². The van der Waals surface area contributed by atoms with E-state index in [1.807, 2.05) is 37.4 Å². The van der Waals surface area contributed by atoms with Gasteiger partial charge in [0, 0.05) is 11.9 Å². The number of aromatic nitrogens is 1. The second-order valence-corrected chi connectivity index (χ2v) is 2.70. The first-order chi connectivity index (χ1) is 5.29. The number of hydrogen-bond acceptors (Lipinski definition) is 1. The van der Waals surface area contributed by atoms with E-state index in [4.69, 9.17) is 5.73 Å². The van der Waals surface area contributed by atoms with Gasteiger partial charge in [0.2, 0.25) is 0 Å². The number of nitrogens with zero attached hydrogens (tertiary/aromatic N) is 1. The summed E-state index contributed by atoms with van der Waals surface area (Å²) in [5, 5.41) is 0. The van der Waals surface area contributed by atoms with Crippen LogP contribution in [0.1, 0.15) is 5.69 Å². The fourth-order valence-corrected chi connectivity index (χ4v) is 1.35. The van der Waals surface area contributed by atoms with Crippen LogP contribution in [0.2, 0.25) is 0 Å². The average Bonchev–Trinajstić information content (AvgIpc) is 2.30. The molecule has 0 atom stereocenters. The summed E-state index contributed by atoms with van der Waals surface area (Å²) in [5.74, 6) is 0. The van der Waals surface area contributed by atoms with Crippen molar-refractivity contribution in [2.45, 2.75) is 6.92 Å². The van der Waals surface area contributed by atoms with Gasteiger partial charge in [-0.3, -0.25) is 0 Å². The fraction of sp³-hybridized carbons (Fsp3) is 0.111. The van der Waals surface area contributed by atoms with Crippen LogP contribution in [0.5, 0.6) is 0 Å². The monoisotopic (exact) mass is 146 g/mol. The number of pyridine rings is 1. The molecule has 0 aliphatic rings. The number of nitrogen functional groups attached to an aromatic ring is 1. The maximum Gasteiger partial charge on any atom is 0.0683 e. The SMILES string of the molecule is Cc1cc(N)c2ccccn12. The topological polar surface area (TPSA) is 30.4 Å². The van der Waals surface area contributed by atoms with Gasteiger partial charge in [0.25, 0.3) is 0 Å². The minimum Gasteiger partial charge on any atom is -0.397 e. The zero-order chi connectivity index (χ0) is 7.84. The third-order valence-electron chi connectivity index (χ3n) is 1.90. The van der Waals surface area contributed by atoms with E-state index in [0.29, 0.717) is 0 Å². The fourth-order valence-electron chi connectivity index (χ4n) is 1.35. The quantitative estimate of drug-likeness (QED) is 0.603. The molecule has 2 rings (SSSR count). The zero-order valence-electron chi connectivity index (χ0n) is 6.41. The normalized spacial score (nSPS) is 10.6. The molecule has 0 saturated carbocycles. The Morgan fingerprint density at radius 1 is 1.36 bits per heavy atom. The summed E-state index contributed by atoms with van der Waals surface area (Å²) in [6.45, 7) is 2.04. The van der Waals surface area contributed by atoms with Crippen molar-refractivity contribution < 1.29 is 0 Å². The predicted octanol–water partition coefficient (Wildman–Crippen LogP) is 1.83. The molecule has 2 aromatic rings. The summed E-state index contributed by atoms with van der Waals surface area (Å²) in [6, 6.07) is 7.99. The van der Waals surface area contributed by atoms with Crippen molar-refractivity contribution in [3.63, 3.8) is 0 Å². The Morgan fingerprint density at radius 3 is 2.91 bits per heavy atom. The van der Waals surface area contributed by atoms with Gasteiger partial charge in [-0.05, 0) is 25.1 Å². The van der Waals surface area contributed by atoms with Crippen LogP contribution in [0.3, 0.4) is 0 Å². The van der Waals surface area contributed by atoms with E-state index in [0.717, 1.165) is 11.2 Å². The highest BCUT2D eigenvalue weighted by Crippen LogP contribution is 2.17. The van der Waals surface area contributed by atoms with Crippen LogP contribution in [0, 0.1) is 6.92 Å². The highest BCUT2D eigenvalue weighted by Gasteiger charge is 1.99. The third kappa shape index (κ3) is 0.792. The molecule has 0 amide bonds. The summed E-state index contributed by atoms with van der Waals surface area (Å²) >= 11 is 0. The second-order valence-electron chi connectivity index (χ2n) is 2.70. The van der Waals surface area contributed by atoms with Crippen molar-refractivity contribution in [2.75, 3.05) is 5.73 Å². The molecule has 56 valence electrons. The van der Waals surface area contributed by atoms with E-state index in [2.05, 4.69) is 4.40 Å². The van der Waals surface area contributed by atoms with Crippen molar-refractivity contribution in [1.82, 2.24) is 4.40 Å². The van der Waals surface area contributed by atoms with E-state index in [-0.39, 0.29) is 0 Å². The van der Waals surface area contributed by atoms with Gasteiger partial charge >= 0.3 is 0 Å². The van der Waals surface area contributed by atoms with Crippen LogP contribution >= 0.6 is 0 Å². The number of aryl methyl sites for hydroxylation is 1. The lowest BCUT2D eigenvalue weighted by atomic mass is 10.4. The molecule has 0 unspecified atom stereocenters. The van der Waals surface area contributed by atoms with Gasteiger partial charge in [-0.15, -0.1) is 0 Å². The smallest absolute Gasteiger partial charge is 0.0683 e. The summed E-state index contributed by atoms with van der Waals surface area (Å²) in [4.78, 5) is 0. The lowest BCUT2D eigenvalue weighted by Crippen LogP contribution is -1.85. The molecule has 11 heavy (non-hydrogen) atoms. The van der Waals surface area contributed by atoms with E-state index >= 15 is 0 Å². The highest BCUT2D eigenvalue weighted by molar-refractivity contribution is 5.71. The molecule has 0 aliphatic heterocycles. The van der Waals surface area contributed by atoms with Crippen LogP contribution in [0.4, 0.5) is 5.69 Å². The van der Waals surface area contributed by atoms with Gasteiger partial charge in [0.1, 0.15) is 0 Å². The van der Waals surface area contributed by atoms with E-state index in [9.17, 15) is 0 Å². The van der Waals surface area contributed by atoms with Gasteiger partial charge < -0.3 is 10.1 Å². The molecule has 0 saturated heterocycles. The molecule has 0 fully saturated rings. The maximum absolute atomic E-state index is 5.76. The van der Waals surface area contributed by atoms with E-state index < -0.39 is 0 Å². The first-order valence-electron chi connectivity index (χ1n) is 3.61. The molecule has 2 heteroatoms. The first kappa shape index (κ1) is 6.28. The molecule has 0 aromatic carbocycles. The summed E-state index contributed by atoms with van der Waals surface area (Å²) in [7, 11) is 0. The molecule has 0 aliphatic carbocycles. The third-order valence-corrected chi connectivity index (χ3v) is 1.90. The number of rotatable bonds is 0. The van der Waals surface area contributed by atoms with Crippen LogP contribution in [-0.4, -0.2) is 4.40 Å². The summed E-state index contributed by atoms with van der Waals surface area (Å²) < 4.78 is 2.08. The number of hydrogen-bond donors (Lipinski definition) is 1. The maximum atomic E-state index is 5.76. The van der Waals surface area contributed by atoms with Crippen molar-refractivity contribution in [3.05, 3.63) is 36.2 Å². The lowest BCUT2D eigenvalue weighted by molar-refractivity contribution is 1.11. The van der Waals surface area contributed by atoms with Crippen molar-refractivity contribution in [2.24, 2.45) is 0 Å². The van der Waals surface area contributed by atoms with Gasteiger partial charge in [-0.2, -0.15) is 0 Å². The van der Waals surface area contributed by atoms with Crippen LogP contribution in [-0.2, 0) is 0 Å². The first-order valence-corrected chi connectivity index (χ1v) is 3.61. The Bertz CT molecular complexity index is 351. The van der Waals surface area contributed by atoms with Gasteiger partial charge in [0.05, 0.1) is 11.2 Å². The molecule has 0 bridgehead atoms. The number of anilines is 1. The molecule has 2 heterocycles. The number of fused-ring (bicyclic) bond motifs is 1. The van der Waals surface area contributed by atoms with Crippen LogP contribution in [0.15, 0.2) is 30.5 Å². The largest absolute Gasteiger partial charge is 0.397 e. The van der Waals surface area contributed by atoms with Crippen LogP contribution in [0.25, 0.3) is 5.52 Å². The Kier molecular flexibility index (Phi) is 1.15. The summed E-state index contributed by atoms with van der Waals surface area (Å²) in [5.41, 5.74) is 8.87. The Morgan fingerprint density at radius 2 is 2.18 bits per heavy atom. The minimum atomic E-state index is 0.850. The van der Waals surface area contributed by atoms with Gasteiger partial charge in [-0.1, -0.05) is 6.07 Å². The number of nitrogens with two attached hydrogens (primary N) is 1. The van der Waals surface area contributed by atoms with E-state index in [1.165, 1.54) is 5.69 Å². The summed E-state index contributed by atoms with van der Waals surface area (Å²) in [6.07, 6.45) is 2.01. The van der Waals surface area contributed by atoms with Gasteiger partial charge in [-0.25, -0.2) is 0 Å². The molecule has 2 nitrogen and oxygen atoms in total. The van der Waals surface area contributed by atoms with E-state index in [1.54, 1.807) is 0 Å². The standard InChI is InChI=1S/C9H10N2/c1-7-6-8(10)9-4-2-3-5-11(7)9/h2-6H,10H2,1H3. The Hall–Kier alpha value is -1.44. The van der Waals surface area contributed by atoms with Crippen molar-refractivity contribution in [3.8, 4) is 0 Å². The zero-order valence-corrected chi connectivity index (χ0v) is 6.41.